The maximum Gasteiger partial charge on any atom is 0.490 e. The molecule has 1 saturated heterocycles. The minimum Gasteiger partial charge on any atom is -0.495 e. The van der Waals surface area contributed by atoms with Gasteiger partial charge in [-0.3, -0.25) is 0 Å². The topological polar surface area (TPSA) is 176 Å². The van der Waals surface area contributed by atoms with Gasteiger partial charge in [-0.05, 0) is 55.8 Å². The minimum absolute atomic E-state index is 0.0951. The van der Waals surface area contributed by atoms with Gasteiger partial charge in [0.15, 0.2) is 0 Å². The van der Waals surface area contributed by atoms with Crippen LogP contribution < -0.4 is 21.1 Å². The van der Waals surface area contributed by atoms with Crippen LogP contribution in [0.15, 0.2) is 35.2 Å². The molecule has 0 saturated carbocycles. The van der Waals surface area contributed by atoms with Gasteiger partial charge in [0.2, 0.25) is 21.9 Å². The Morgan fingerprint density at radius 1 is 1.10 bits per heavy atom. The first-order valence-corrected chi connectivity index (χ1v) is 15.0. The highest BCUT2D eigenvalue weighted by atomic mass is 35.5. The number of H-pyrrole nitrogens is 1. The Bertz CT molecular complexity index is 1710. The zero-order chi connectivity index (χ0) is 36.2. The van der Waals surface area contributed by atoms with Crippen LogP contribution in [0.5, 0.6) is 5.75 Å². The number of carbonyl (C=O) groups is 1. The van der Waals surface area contributed by atoms with Gasteiger partial charge in [-0.15, -0.1) is 5.10 Å². The van der Waals surface area contributed by atoms with E-state index in [9.17, 15) is 47.9 Å². The van der Waals surface area contributed by atoms with E-state index in [1.165, 1.54) is 0 Å². The van der Waals surface area contributed by atoms with E-state index in [0.29, 0.717) is 10.4 Å². The Hall–Kier alpha value is -4.02. The second-order valence-electron chi connectivity index (χ2n) is 9.86. The summed E-state index contributed by atoms with van der Waals surface area (Å²) in [7, 11) is -3.83. The third-order valence-electron chi connectivity index (χ3n) is 6.49. The quantitative estimate of drug-likeness (QED) is 0.188. The van der Waals surface area contributed by atoms with Crippen molar-refractivity contribution in [3.05, 3.63) is 40.9 Å². The number of nitrogens with zero attached hydrogens (tertiary/aromatic N) is 3. The average Bonchev–Trinajstić information content (AvgIpc) is 3.38. The van der Waals surface area contributed by atoms with E-state index in [1.807, 2.05) is 0 Å². The van der Waals surface area contributed by atoms with E-state index >= 15 is 0 Å². The number of carboxylic acids is 1. The molecule has 0 amide bonds. The fourth-order valence-electron chi connectivity index (χ4n) is 4.50. The lowest BCUT2D eigenvalue weighted by atomic mass is 9.98. The Balaban J connectivity index is 0.000000804. The number of hydrogen-bond acceptors (Lipinski definition) is 9. The van der Waals surface area contributed by atoms with Gasteiger partial charge in [-0.2, -0.15) is 48.8 Å². The fourth-order valence-corrected chi connectivity index (χ4v) is 6.68. The van der Waals surface area contributed by atoms with E-state index in [-0.39, 0.29) is 54.8 Å². The lowest BCUT2D eigenvalue weighted by Gasteiger charge is -2.34. The molecule has 48 heavy (non-hydrogen) atoms. The number of sulfonamides is 1. The number of alkyl halides is 9. The van der Waals surface area contributed by atoms with Gasteiger partial charge >= 0.3 is 24.5 Å². The summed E-state index contributed by atoms with van der Waals surface area (Å²) < 4.78 is 148. The molecule has 1 aliphatic rings. The number of piperidine rings is 1. The molecule has 0 radical (unpaired) electrons. The van der Waals surface area contributed by atoms with Crippen molar-refractivity contribution in [3.63, 3.8) is 0 Å². The largest absolute Gasteiger partial charge is 0.495 e. The lowest BCUT2D eigenvalue weighted by Crippen LogP contribution is -2.49. The molecule has 6 N–H and O–H groups in total. The Morgan fingerprint density at radius 2 is 1.71 bits per heavy atom. The summed E-state index contributed by atoms with van der Waals surface area (Å²) in [6.45, 7) is -1.21. The SMILES string of the molecule is COc1ccc(-c2c(Cl)cc(Nc3n[nH]c(N)n3)cc2C(F)(F)F)cc1S(=O)(=O)N(CC(F)(F)F)C1CCNCC1.O=C(O)C(F)(F)F. The number of nitrogens with two attached hydrogens (primary N) is 1. The maximum atomic E-state index is 14.2. The number of anilines is 3. The Labute approximate surface area is 270 Å². The van der Waals surface area contributed by atoms with Crippen molar-refractivity contribution in [2.24, 2.45) is 0 Å². The molecule has 12 nitrogen and oxygen atoms in total. The van der Waals surface area contributed by atoms with Crippen LogP contribution in [0.2, 0.25) is 5.02 Å². The van der Waals surface area contributed by atoms with Crippen LogP contribution in [0.3, 0.4) is 0 Å². The molecule has 2 aromatic carbocycles. The standard InChI is InChI=1S/C23H24ClF6N7O3S.C2HF3O2/c1-40-17-3-2-12(8-18(17)41(38,39)37(11-22(25,26)27)14-4-6-32-7-5-14)19-15(23(28,29)30)9-13(10-16(19)24)33-21-34-20(31)35-36-21;3-2(4,5)1(6)7/h2-3,8-10,14,32H,4-7,11H2,1H3,(H4,31,33,34,35,36);(H,6,7). The second kappa shape index (κ2) is 14.6. The van der Waals surface area contributed by atoms with E-state index in [4.69, 9.17) is 32.0 Å². The molecule has 0 aliphatic carbocycles. The summed E-state index contributed by atoms with van der Waals surface area (Å²) in [5, 5.41) is 18.2. The van der Waals surface area contributed by atoms with Crippen molar-refractivity contribution >= 4 is 45.2 Å². The van der Waals surface area contributed by atoms with E-state index in [0.717, 1.165) is 31.4 Å². The molecule has 0 unspecified atom stereocenters. The van der Waals surface area contributed by atoms with Gasteiger partial charge in [0.05, 0.1) is 17.7 Å². The molecule has 4 rings (SSSR count). The van der Waals surface area contributed by atoms with Crippen molar-refractivity contribution in [1.29, 1.82) is 0 Å². The number of aromatic nitrogens is 3. The van der Waals surface area contributed by atoms with Gasteiger partial charge in [-0.1, -0.05) is 17.7 Å². The fraction of sp³-hybridized carbons (Fsp3) is 0.400. The minimum atomic E-state index is -5.08. The van der Waals surface area contributed by atoms with Crippen LogP contribution in [0.25, 0.3) is 11.1 Å². The zero-order valence-corrected chi connectivity index (χ0v) is 25.8. The molecular weight excluding hydrogens is 717 g/mol. The second-order valence-corrected chi connectivity index (χ2v) is 12.1. The van der Waals surface area contributed by atoms with Gasteiger partial charge in [0.25, 0.3) is 0 Å². The monoisotopic (exact) mass is 741 g/mol. The number of ether oxygens (including phenoxy) is 1. The summed E-state index contributed by atoms with van der Waals surface area (Å²) in [5.74, 6) is -3.34. The number of aliphatic carboxylic acids is 1. The third kappa shape index (κ3) is 9.76. The summed E-state index contributed by atoms with van der Waals surface area (Å²) in [5.41, 5.74) is 3.11. The first-order valence-electron chi connectivity index (χ1n) is 13.2. The van der Waals surface area contributed by atoms with Crippen LogP contribution in [0.1, 0.15) is 18.4 Å². The predicted molar refractivity (Wildman–Crippen MR) is 152 cm³/mol. The average molecular weight is 742 g/mol. The molecule has 3 aromatic rings. The molecule has 1 fully saturated rings. The number of rotatable bonds is 8. The maximum absolute atomic E-state index is 14.2. The van der Waals surface area contributed by atoms with Crippen LogP contribution in [0.4, 0.5) is 57.1 Å². The number of hydrogen-bond donors (Lipinski definition) is 5. The highest BCUT2D eigenvalue weighted by Gasteiger charge is 2.43. The molecule has 0 bridgehead atoms. The molecule has 266 valence electrons. The number of benzene rings is 2. The summed E-state index contributed by atoms with van der Waals surface area (Å²) in [4.78, 5) is 11.9. The zero-order valence-electron chi connectivity index (χ0n) is 24.2. The van der Waals surface area contributed by atoms with Crippen LogP contribution in [0, 0.1) is 0 Å². The van der Waals surface area contributed by atoms with Crippen molar-refractivity contribution in [1.82, 2.24) is 24.8 Å². The summed E-state index contributed by atoms with van der Waals surface area (Å²) in [6, 6.07) is 3.86. The molecule has 1 aliphatic heterocycles. The van der Waals surface area contributed by atoms with Crippen LogP contribution >= 0.6 is 11.6 Å². The van der Waals surface area contributed by atoms with Crippen molar-refractivity contribution in [2.45, 2.75) is 42.3 Å². The lowest BCUT2D eigenvalue weighted by molar-refractivity contribution is -0.192. The number of carboxylic acid groups (broad SMARTS) is 1. The Kier molecular flexibility index (Phi) is 11.7. The molecule has 2 heterocycles. The normalized spacial score (nSPS) is 14.8. The highest BCUT2D eigenvalue weighted by Crippen LogP contribution is 2.45. The van der Waals surface area contributed by atoms with Crippen LogP contribution in [-0.2, 0) is 21.0 Å². The molecular formula is C25H25ClF9N7O5S. The number of aromatic amines is 1. The number of halogens is 10. The molecule has 0 spiro atoms. The van der Waals surface area contributed by atoms with Crippen molar-refractivity contribution < 1.29 is 62.6 Å². The Morgan fingerprint density at radius 3 is 2.19 bits per heavy atom. The van der Waals surface area contributed by atoms with Gasteiger partial charge in [-0.25, -0.2) is 18.3 Å². The van der Waals surface area contributed by atoms with Crippen molar-refractivity contribution in [2.75, 3.05) is 37.8 Å². The summed E-state index contributed by atoms with van der Waals surface area (Å²) in [6.07, 6.45) is -14.7. The van der Waals surface area contributed by atoms with E-state index in [1.54, 1.807) is 0 Å². The first-order chi connectivity index (χ1) is 22.0. The summed E-state index contributed by atoms with van der Waals surface area (Å²) >= 11 is 6.30. The van der Waals surface area contributed by atoms with Crippen LogP contribution in [-0.4, -0.2) is 84.1 Å². The van der Waals surface area contributed by atoms with E-state index in [2.05, 4.69) is 25.8 Å². The third-order valence-corrected chi connectivity index (χ3v) is 8.70. The first kappa shape index (κ1) is 38.4. The number of nitrogens with one attached hydrogen (secondary N) is 3. The smallest absolute Gasteiger partial charge is 0.490 e. The van der Waals surface area contributed by atoms with Gasteiger partial charge in [0.1, 0.15) is 17.2 Å². The number of nitrogen functional groups attached to an aromatic ring is 1. The predicted octanol–water partition coefficient (Wildman–Crippen LogP) is 5.42. The van der Waals surface area contributed by atoms with Gasteiger partial charge in [0, 0.05) is 17.3 Å². The van der Waals surface area contributed by atoms with Gasteiger partial charge < -0.3 is 26.2 Å². The molecule has 1 aromatic heterocycles. The van der Waals surface area contributed by atoms with E-state index < -0.39 is 68.2 Å². The highest BCUT2D eigenvalue weighted by molar-refractivity contribution is 7.89. The number of methoxy groups -OCH3 is 1. The molecule has 23 heteroatoms. The van der Waals surface area contributed by atoms with Crippen molar-refractivity contribution in [3.8, 4) is 16.9 Å². The molecule has 0 atom stereocenters.